The molecule has 0 bridgehead atoms. The van der Waals surface area contributed by atoms with E-state index in [0.717, 1.165) is 44.8 Å². The smallest absolute Gasteiger partial charge is 0.138 e. The summed E-state index contributed by atoms with van der Waals surface area (Å²) in [5, 5.41) is 7.67. The molecule has 19 heavy (non-hydrogen) atoms. The summed E-state index contributed by atoms with van der Waals surface area (Å²) in [6.07, 6.45) is 4.77. The van der Waals surface area contributed by atoms with Crippen LogP contribution in [0.4, 0.5) is 0 Å². The van der Waals surface area contributed by atoms with Gasteiger partial charge in [0.05, 0.1) is 0 Å². The minimum Gasteiger partial charge on any atom is -0.382 e. The Hall–Kier alpha value is -0.940. The predicted octanol–water partition coefficient (Wildman–Crippen LogP) is 1.88. The van der Waals surface area contributed by atoms with Gasteiger partial charge in [-0.1, -0.05) is 13.8 Å². The summed E-state index contributed by atoms with van der Waals surface area (Å²) in [4.78, 5) is 4.38. The van der Waals surface area contributed by atoms with Crippen LogP contribution in [0.3, 0.4) is 0 Å². The van der Waals surface area contributed by atoms with Crippen LogP contribution in [0.15, 0.2) is 6.33 Å². The Balaban J connectivity index is 2.44. The van der Waals surface area contributed by atoms with Crippen LogP contribution >= 0.6 is 0 Å². The lowest BCUT2D eigenvalue weighted by Gasteiger charge is -2.16. The van der Waals surface area contributed by atoms with E-state index in [1.54, 1.807) is 6.33 Å². The molecule has 1 heterocycles. The van der Waals surface area contributed by atoms with Crippen molar-refractivity contribution in [1.82, 2.24) is 20.1 Å². The summed E-state index contributed by atoms with van der Waals surface area (Å²) in [5.74, 6) is 1.66. The van der Waals surface area contributed by atoms with Crippen LogP contribution in [0.1, 0.15) is 39.4 Å². The normalized spacial score (nSPS) is 13.1. The van der Waals surface area contributed by atoms with Gasteiger partial charge in [0.15, 0.2) is 0 Å². The first kappa shape index (κ1) is 16.1. The molecule has 1 N–H and O–H groups in total. The maximum Gasteiger partial charge on any atom is 0.138 e. The predicted molar refractivity (Wildman–Crippen MR) is 77.1 cm³/mol. The second kappa shape index (κ2) is 9.04. The van der Waals surface area contributed by atoms with Gasteiger partial charge in [-0.25, -0.2) is 9.67 Å². The molecule has 1 aromatic rings. The summed E-state index contributed by atoms with van der Waals surface area (Å²) in [5.41, 5.74) is 0. The number of nitrogens with zero attached hydrogens (tertiary/aromatic N) is 3. The average molecular weight is 268 g/mol. The van der Waals surface area contributed by atoms with Crippen LogP contribution in [0, 0.1) is 5.92 Å². The fraction of sp³-hybridized carbons (Fsp3) is 0.857. The maximum absolute atomic E-state index is 5.38. The lowest BCUT2D eigenvalue weighted by atomic mass is 10.1. The first-order chi connectivity index (χ1) is 9.17. The topological polar surface area (TPSA) is 52.0 Å². The second-order valence-corrected chi connectivity index (χ2v) is 5.28. The standard InChI is InChI=1S/C14H28N4O/c1-5-19-8-6-7-13(15-4)9-14-16-11-17-18(14)10-12(2)3/h11-13,15H,5-10H2,1-4H3. The number of hydrogen-bond acceptors (Lipinski definition) is 4. The van der Waals surface area contributed by atoms with Gasteiger partial charge in [0, 0.05) is 32.2 Å². The number of likely N-dealkylation sites (N-methyl/N-ethyl adjacent to an activating group) is 1. The molecule has 0 radical (unpaired) electrons. The van der Waals surface area contributed by atoms with Gasteiger partial charge in [0.2, 0.25) is 0 Å². The molecular weight excluding hydrogens is 240 g/mol. The molecule has 1 rings (SSSR count). The van der Waals surface area contributed by atoms with Gasteiger partial charge >= 0.3 is 0 Å². The third-order valence-corrected chi connectivity index (χ3v) is 3.12. The first-order valence-electron chi connectivity index (χ1n) is 7.29. The molecule has 1 unspecified atom stereocenters. The molecular formula is C14H28N4O. The molecule has 110 valence electrons. The van der Waals surface area contributed by atoms with E-state index in [1.807, 2.05) is 18.7 Å². The average Bonchev–Trinajstić information content (AvgIpc) is 2.79. The van der Waals surface area contributed by atoms with E-state index >= 15 is 0 Å². The lowest BCUT2D eigenvalue weighted by molar-refractivity contribution is 0.141. The van der Waals surface area contributed by atoms with Crippen molar-refractivity contribution in [3.8, 4) is 0 Å². The van der Waals surface area contributed by atoms with Crippen LogP contribution in [0.5, 0.6) is 0 Å². The summed E-state index contributed by atoms with van der Waals surface area (Å²) < 4.78 is 7.40. The van der Waals surface area contributed by atoms with E-state index < -0.39 is 0 Å². The zero-order valence-corrected chi connectivity index (χ0v) is 12.7. The summed E-state index contributed by atoms with van der Waals surface area (Å²) in [7, 11) is 2.01. The van der Waals surface area contributed by atoms with Gasteiger partial charge in [-0.3, -0.25) is 0 Å². The van der Waals surface area contributed by atoms with Gasteiger partial charge in [-0.15, -0.1) is 0 Å². The van der Waals surface area contributed by atoms with E-state index in [-0.39, 0.29) is 0 Å². The summed E-state index contributed by atoms with van der Waals surface area (Å²) in [6.45, 7) is 9.00. The van der Waals surface area contributed by atoms with Crippen molar-refractivity contribution in [2.75, 3.05) is 20.3 Å². The molecule has 0 saturated heterocycles. The maximum atomic E-state index is 5.38. The molecule has 1 atom stereocenters. The van der Waals surface area contributed by atoms with Crippen molar-refractivity contribution in [1.29, 1.82) is 0 Å². The lowest BCUT2D eigenvalue weighted by Crippen LogP contribution is -2.29. The highest BCUT2D eigenvalue weighted by molar-refractivity contribution is 4.89. The molecule has 0 saturated carbocycles. The van der Waals surface area contributed by atoms with E-state index in [9.17, 15) is 0 Å². The number of aromatic nitrogens is 3. The summed E-state index contributed by atoms with van der Waals surface area (Å²) in [6, 6.07) is 0.440. The Morgan fingerprint density at radius 2 is 2.21 bits per heavy atom. The molecule has 0 aliphatic carbocycles. The zero-order valence-electron chi connectivity index (χ0n) is 12.7. The molecule has 0 spiro atoms. The molecule has 1 aromatic heterocycles. The van der Waals surface area contributed by atoms with Crippen molar-refractivity contribution in [2.45, 2.75) is 52.6 Å². The van der Waals surface area contributed by atoms with Gasteiger partial charge in [0.25, 0.3) is 0 Å². The van der Waals surface area contributed by atoms with Crippen molar-refractivity contribution in [3.63, 3.8) is 0 Å². The van der Waals surface area contributed by atoms with Crippen LogP contribution < -0.4 is 5.32 Å². The molecule has 0 aliphatic heterocycles. The Labute approximate surface area is 116 Å². The molecule has 5 nitrogen and oxygen atoms in total. The van der Waals surface area contributed by atoms with E-state index in [0.29, 0.717) is 12.0 Å². The van der Waals surface area contributed by atoms with Crippen LogP contribution in [-0.2, 0) is 17.7 Å². The number of nitrogens with one attached hydrogen (secondary N) is 1. The molecule has 0 amide bonds. The minimum absolute atomic E-state index is 0.440. The third kappa shape index (κ3) is 6.16. The van der Waals surface area contributed by atoms with Crippen LogP contribution in [-0.4, -0.2) is 41.1 Å². The number of ether oxygens (including phenoxy) is 1. The fourth-order valence-electron chi connectivity index (χ4n) is 2.09. The molecule has 0 aromatic carbocycles. The van der Waals surface area contributed by atoms with Crippen molar-refractivity contribution in [2.24, 2.45) is 5.92 Å². The van der Waals surface area contributed by atoms with Gasteiger partial charge in [-0.2, -0.15) is 5.10 Å². The fourth-order valence-corrected chi connectivity index (χ4v) is 2.09. The van der Waals surface area contributed by atoms with E-state index in [2.05, 4.69) is 29.2 Å². The van der Waals surface area contributed by atoms with Crippen molar-refractivity contribution < 1.29 is 4.74 Å². The summed E-state index contributed by atoms with van der Waals surface area (Å²) >= 11 is 0. The Morgan fingerprint density at radius 3 is 2.84 bits per heavy atom. The quantitative estimate of drug-likeness (QED) is 0.658. The van der Waals surface area contributed by atoms with Gasteiger partial charge in [0.1, 0.15) is 12.2 Å². The molecule has 0 fully saturated rings. The highest BCUT2D eigenvalue weighted by atomic mass is 16.5. The third-order valence-electron chi connectivity index (χ3n) is 3.12. The van der Waals surface area contributed by atoms with Gasteiger partial charge in [-0.05, 0) is 32.7 Å². The monoisotopic (exact) mass is 268 g/mol. The Bertz CT molecular complexity index is 338. The highest BCUT2D eigenvalue weighted by Gasteiger charge is 2.12. The Kier molecular flexibility index (Phi) is 7.67. The SMILES string of the molecule is CCOCCCC(Cc1ncnn1CC(C)C)NC. The highest BCUT2D eigenvalue weighted by Crippen LogP contribution is 2.07. The first-order valence-corrected chi connectivity index (χ1v) is 7.29. The van der Waals surface area contributed by atoms with E-state index in [4.69, 9.17) is 4.74 Å². The van der Waals surface area contributed by atoms with Gasteiger partial charge < -0.3 is 10.1 Å². The van der Waals surface area contributed by atoms with Crippen molar-refractivity contribution >= 4 is 0 Å². The van der Waals surface area contributed by atoms with Crippen LogP contribution in [0.25, 0.3) is 0 Å². The molecule has 0 aliphatic rings. The molecule has 5 heteroatoms. The number of hydrogen-bond donors (Lipinski definition) is 1. The van der Waals surface area contributed by atoms with E-state index in [1.165, 1.54) is 0 Å². The largest absolute Gasteiger partial charge is 0.382 e. The second-order valence-electron chi connectivity index (χ2n) is 5.28. The zero-order chi connectivity index (χ0) is 14.1. The minimum atomic E-state index is 0.440. The van der Waals surface area contributed by atoms with Crippen molar-refractivity contribution in [3.05, 3.63) is 12.2 Å². The Morgan fingerprint density at radius 1 is 1.42 bits per heavy atom. The van der Waals surface area contributed by atoms with Crippen LogP contribution in [0.2, 0.25) is 0 Å². The number of rotatable bonds is 10.